The number of fused-ring (bicyclic) bond motifs is 3. The second-order valence-corrected chi connectivity index (χ2v) is 8.63. The number of rotatable bonds is 8. The fourth-order valence-electron chi connectivity index (χ4n) is 4.87. The lowest BCUT2D eigenvalue weighted by Gasteiger charge is -2.21. The Hall–Kier alpha value is -3.39. The molecule has 3 atom stereocenters. The molecule has 0 bridgehead atoms. The van der Waals surface area contributed by atoms with Crippen LogP contribution in [0.15, 0.2) is 48.5 Å². The summed E-state index contributed by atoms with van der Waals surface area (Å²) >= 11 is 0. The Labute approximate surface area is 192 Å². The second-order valence-electron chi connectivity index (χ2n) is 8.63. The third-order valence-corrected chi connectivity index (χ3v) is 6.53. The highest BCUT2D eigenvalue weighted by atomic mass is 16.5. The van der Waals surface area contributed by atoms with Crippen LogP contribution in [0.5, 0.6) is 0 Å². The van der Waals surface area contributed by atoms with Gasteiger partial charge in [0.15, 0.2) is 6.10 Å². The minimum absolute atomic E-state index is 0.0195. The van der Waals surface area contributed by atoms with Crippen LogP contribution in [0.25, 0.3) is 11.1 Å². The first kappa shape index (κ1) is 22.8. The molecule has 1 fully saturated rings. The number of aliphatic carboxylic acids is 1. The van der Waals surface area contributed by atoms with Gasteiger partial charge in [-0.15, -0.1) is 0 Å². The van der Waals surface area contributed by atoms with Crippen LogP contribution in [0.2, 0.25) is 0 Å². The smallest absolute Gasteiger partial charge is 0.407 e. The van der Waals surface area contributed by atoms with E-state index >= 15 is 0 Å². The molecule has 4 rings (SSSR count). The number of hydrogen-bond donors (Lipinski definition) is 4. The number of carbonyl (C=O) groups is 3. The molecule has 0 aliphatic heterocycles. The molecule has 8 nitrogen and oxygen atoms in total. The highest BCUT2D eigenvalue weighted by molar-refractivity contribution is 5.79. The van der Waals surface area contributed by atoms with Crippen LogP contribution in [0.4, 0.5) is 4.79 Å². The Bertz CT molecular complexity index is 994. The number of benzene rings is 2. The van der Waals surface area contributed by atoms with Gasteiger partial charge in [-0.2, -0.15) is 0 Å². The van der Waals surface area contributed by atoms with Crippen molar-refractivity contribution in [2.45, 2.75) is 43.7 Å². The highest BCUT2D eigenvalue weighted by Gasteiger charge is 2.32. The van der Waals surface area contributed by atoms with Crippen LogP contribution in [0.1, 0.15) is 42.7 Å². The van der Waals surface area contributed by atoms with E-state index in [1.54, 1.807) is 0 Å². The Balaban J connectivity index is 1.30. The van der Waals surface area contributed by atoms with Gasteiger partial charge in [0.25, 0.3) is 0 Å². The molecule has 33 heavy (non-hydrogen) atoms. The van der Waals surface area contributed by atoms with E-state index in [2.05, 4.69) is 34.9 Å². The van der Waals surface area contributed by atoms with Crippen molar-refractivity contribution in [1.82, 2.24) is 10.6 Å². The normalized spacial score (nSPS) is 19.9. The maximum atomic E-state index is 12.6. The van der Waals surface area contributed by atoms with Crippen molar-refractivity contribution in [3.8, 4) is 11.1 Å². The van der Waals surface area contributed by atoms with E-state index < -0.39 is 18.2 Å². The predicted octanol–water partition coefficient (Wildman–Crippen LogP) is 2.65. The summed E-state index contributed by atoms with van der Waals surface area (Å²) < 4.78 is 5.61. The highest BCUT2D eigenvalue weighted by Crippen LogP contribution is 2.44. The van der Waals surface area contributed by atoms with Crippen LogP contribution in [-0.2, 0) is 14.3 Å². The van der Waals surface area contributed by atoms with Gasteiger partial charge < -0.3 is 25.6 Å². The van der Waals surface area contributed by atoms with E-state index in [-0.39, 0.29) is 43.4 Å². The number of ether oxygens (including phenoxy) is 1. The molecule has 2 aromatic rings. The van der Waals surface area contributed by atoms with Crippen LogP contribution >= 0.6 is 0 Å². The summed E-state index contributed by atoms with van der Waals surface area (Å²) in [6, 6.07) is 16.1. The monoisotopic (exact) mass is 452 g/mol. The standard InChI is InChI=1S/C25H28N2O6/c28-22(24(30)31)13-26-23(29)12-15-6-5-11-21(15)27-25(32)33-14-20-18-9-3-1-7-16(18)17-8-2-4-10-19(17)20/h1-4,7-10,15,20-22,28H,5-6,11-14H2,(H,26,29)(H,27,32)(H,30,31)/t15-,21+,22?/m0/s1. The summed E-state index contributed by atoms with van der Waals surface area (Å²) in [5, 5.41) is 23.3. The van der Waals surface area contributed by atoms with Gasteiger partial charge in [-0.3, -0.25) is 4.79 Å². The molecule has 1 unspecified atom stereocenters. The second kappa shape index (κ2) is 10.0. The largest absolute Gasteiger partial charge is 0.479 e. The third-order valence-electron chi connectivity index (χ3n) is 6.53. The number of aliphatic hydroxyl groups excluding tert-OH is 1. The molecule has 0 aromatic heterocycles. The molecule has 8 heteroatoms. The Morgan fingerprint density at radius 1 is 1.00 bits per heavy atom. The molecule has 0 saturated heterocycles. The Kier molecular flexibility index (Phi) is 6.93. The molecule has 174 valence electrons. The average molecular weight is 453 g/mol. The number of carbonyl (C=O) groups excluding carboxylic acids is 2. The van der Waals surface area contributed by atoms with E-state index in [0.29, 0.717) is 0 Å². The number of carboxylic acid groups (broad SMARTS) is 1. The lowest BCUT2D eigenvalue weighted by atomic mass is 9.98. The molecule has 1 saturated carbocycles. The number of nitrogens with one attached hydrogen (secondary N) is 2. The van der Waals surface area contributed by atoms with Gasteiger partial charge in [0, 0.05) is 18.4 Å². The quantitative estimate of drug-likeness (QED) is 0.488. The van der Waals surface area contributed by atoms with E-state index in [4.69, 9.17) is 9.84 Å². The zero-order chi connectivity index (χ0) is 23.4. The van der Waals surface area contributed by atoms with Crippen molar-refractivity contribution >= 4 is 18.0 Å². The van der Waals surface area contributed by atoms with E-state index in [1.807, 2.05) is 24.3 Å². The zero-order valence-corrected chi connectivity index (χ0v) is 18.2. The van der Waals surface area contributed by atoms with E-state index in [0.717, 1.165) is 41.5 Å². The van der Waals surface area contributed by atoms with Gasteiger partial charge in [-0.05, 0) is 41.0 Å². The van der Waals surface area contributed by atoms with Crippen LogP contribution in [0.3, 0.4) is 0 Å². The van der Waals surface area contributed by atoms with Gasteiger partial charge in [-0.1, -0.05) is 55.0 Å². The van der Waals surface area contributed by atoms with Crippen molar-refractivity contribution in [2.24, 2.45) is 5.92 Å². The summed E-state index contributed by atoms with van der Waals surface area (Å²) in [4.78, 5) is 35.4. The first-order valence-electron chi connectivity index (χ1n) is 11.2. The SMILES string of the molecule is O=C(C[C@@H]1CCC[C@H]1NC(=O)OCC1c2ccccc2-c2ccccc21)NCC(O)C(=O)O. The minimum atomic E-state index is -1.63. The zero-order valence-electron chi connectivity index (χ0n) is 18.2. The predicted molar refractivity (Wildman–Crippen MR) is 121 cm³/mol. The first-order chi connectivity index (χ1) is 15.9. The molecule has 0 heterocycles. The number of alkyl carbamates (subject to hydrolysis) is 1. The minimum Gasteiger partial charge on any atom is -0.479 e. The van der Waals surface area contributed by atoms with E-state index in [9.17, 15) is 19.5 Å². The first-order valence-corrected chi connectivity index (χ1v) is 11.2. The van der Waals surface area contributed by atoms with Gasteiger partial charge in [0.05, 0.1) is 6.54 Å². The molecule has 4 N–H and O–H groups in total. The van der Waals surface area contributed by atoms with E-state index in [1.165, 1.54) is 0 Å². The number of carboxylic acids is 1. The van der Waals surface area contributed by atoms with Gasteiger partial charge >= 0.3 is 12.1 Å². The van der Waals surface area contributed by atoms with Crippen LogP contribution in [-0.4, -0.2) is 53.5 Å². The Morgan fingerprint density at radius 3 is 2.27 bits per heavy atom. The van der Waals surface area contributed by atoms with Crippen LogP contribution < -0.4 is 10.6 Å². The molecule has 2 aliphatic rings. The Morgan fingerprint density at radius 2 is 1.64 bits per heavy atom. The molecular formula is C25H28N2O6. The average Bonchev–Trinajstić information content (AvgIpc) is 3.37. The van der Waals surface area contributed by atoms with Gasteiger partial charge in [-0.25, -0.2) is 9.59 Å². The van der Waals surface area contributed by atoms with Gasteiger partial charge in [0.2, 0.25) is 5.91 Å². The third kappa shape index (κ3) is 5.17. The maximum Gasteiger partial charge on any atom is 0.407 e. The number of hydrogen-bond acceptors (Lipinski definition) is 5. The molecular weight excluding hydrogens is 424 g/mol. The lowest BCUT2D eigenvalue weighted by molar-refractivity contribution is -0.146. The maximum absolute atomic E-state index is 12.6. The molecule has 2 amide bonds. The number of amides is 2. The lowest BCUT2D eigenvalue weighted by Crippen LogP contribution is -2.41. The van der Waals surface area contributed by atoms with Crippen molar-refractivity contribution in [3.63, 3.8) is 0 Å². The fraction of sp³-hybridized carbons (Fsp3) is 0.400. The summed E-state index contributed by atoms with van der Waals surface area (Å²) in [6.45, 7) is -0.115. The molecule has 2 aromatic carbocycles. The number of aliphatic hydroxyl groups is 1. The summed E-state index contributed by atoms with van der Waals surface area (Å²) in [6.07, 6.45) is 0.427. The topological polar surface area (TPSA) is 125 Å². The van der Waals surface area contributed by atoms with Crippen molar-refractivity contribution in [1.29, 1.82) is 0 Å². The molecule has 0 spiro atoms. The van der Waals surface area contributed by atoms with Gasteiger partial charge in [0.1, 0.15) is 6.61 Å². The van der Waals surface area contributed by atoms with Crippen molar-refractivity contribution in [2.75, 3.05) is 13.2 Å². The van der Waals surface area contributed by atoms with Crippen LogP contribution in [0, 0.1) is 5.92 Å². The van der Waals surface area contributed by atoms with Crippen molar-refractivity contribution < 1.29 is 29.3 Å². The molecule has 2 aliphatic carbocycles. The fourth-order valence-corrected chi connectivity index (χ4v) is 4.87. The summed E-state index contributed by atoms with van der Waals surface area (Å²) in [7, 11) is 0. The molecule has 0 radical (unpaired) electrons. The van der Waals surface area contributed by atoms with Crippen molar-refractivity contribution in [3.05, 3.63) is 59.7 Å². The summed E-state index contributed by atoms with van der Waals surface area (Å²) in [5.74, 6) is -1.81. The summed E-state index contributed by atoms with van der Waals surface area (Å²) in [5.41, 5.74) is 4.62.